The van der Waals surface area contributed by atoms with E-state index < -0.39 is 0 Å². The van der Waals surface area contributed by atoms with Crippen molar-refractivity contribution in [1.82, 2.24) is 4.98 Å². The molecular formula is C14H12BrN3. The number of benzene rings is 1. The maximum Gasteiger partial charge on any atom is 0.0992 e. The normalized spacial score (nSPS) is 9.83. The Bertz CT molecular complexity index is 575. The first-order valence-electron chi connectivity index (χ1n) is 5.50. The first-order valence-corrected chi connectivity index (χ1v) is 6.29. The van der Waals surface area contributed by atoms with Crippen LogP contribution in [-0.2, 0) is 6.54 Å². The summed E-state index contributed by atoms with van der Waals surface area (Å²) in [5.41, 5.74) is 2.86. The van der Waals surface area contributed by atoms with E-state index in [2.05, 4.69) is 31.9 Å². The minimum absolute atomic E-state index is 0.653. The second-order valence-electron chi connectivity index (χ2n) is 4.00. The Balaban J connectivity index is 2.19. The Morgan fingerprint density at radius 3 is 2.83 bits per heavy atom. The zero-order valence-electron chi connectivity index (χ0n) is 9.97. The summed E-state index contributed by atoms with van der Waals surface area (Å²) in [4.78, 5) is 6.21. The van der Waals surface area contributed by atoms with Gasteiger partial charge in [0.1, 0.15) is 0 Å². The van der Waals surface area contributed by atoms with E-state index in [1.54, 1.807) is 6.20 Å². The molecule has 2 aromatic rings. The van der Waals surface area contributed by atoms with Gasteiger partial charge in [-0.2, -0.15) is 5.26 Å². The topological polar surface area (TPSA) is 39.9 Å². The molecule has 0 amide bonds. The first kappa shape index (κ1) is 12.6. The molecule has 0 aliphatic rings. The average molecular weight is 302 g/mol. The van der Waals surface area contributed by atoms with Crippen LogP contribution in [0.3, 0.4) is 0 Å². The van der Waals surface area contributed by atoms with E-state index in [1.807, 2.05) is 43.6 Å². The summed E-state index contributed by atoms with van der Waals surface area (Å²) in [6.07, 6.45) is 3.62. The maximum absolute atomic E-state index is 8.83. The molecule has 0 radical (unpaired) electrons. The van der Waals surface area contributed by atoms with Crippen molar-refractivity contribution in [3.8, 4) is 6.07 Å². The molecule has 4 heteroatoms. The quantitative estimate of drug-likeness (QED) is 0.873. The minimum atomic E-state index is 0.653. The number of rotatable bonds is 3. The van der Waals surface area contributed by atoms with Crippen LogP contribution in [0.5, 0.6) is 0 Å². The van der Waals surface area contributed by atoms with Gasteiger partial charge in [0.25, 0.3) is 0 Å². The summed E-state index contributed by atoms with van der Waals surface area (Å²) in [7, 11) is 2.01. The molecule has 0 spiro atoms. The van der Waals surface area contributed by atoms with E-state index in [0.717, 1.165) is 22.3 Å². The highest BCUT2D eigenvalue weighted by Crippen LogP contribution is 2.27. The van der Waals surface area contributed by atoms with Crippen LogP contribution in [0, 0.1) is 11.3 Å². The molecule has 0 bridgehead atoms. The number of nitriles is 1. The SMILES string of the molecule is CN(Cc1cccnc1)c1ccc(C#N)cc1Br. The van der Waals surface area contributed by atoms with Gasteiger partial charge in [0.15, 0.2) is 0 Å². The van der Waals surface area contributed by atoms with Crippen LogP contribution in [0.25, 0.3) is 0 Å². The predicted molar refractivity (Wildman–Crippen MR) is 75.2 cm³/mol. The van der Waals surface area contributed by atoms with Gasteiger partial charge in [0.2, 0.25) is 0 Å². The van der Waals surface area contributed by atoms with Crippen molar-refractivity contribution in [2.75, 3.05) is 11.9 Å². The standard InChI is InChI=1S/C14H12BrN3/c1-18(10-12-3-2-6-17-9-12)14-5-4-11(8-16)7-13(14)15/h2-7,9H,10H2,1H3. The molecule has 0 unspecified atom stereocenters. The zero-order chi connectivity index (χ0) is 13.0. The lowest BCUT2D eigenvalue weighted by atomic mass is 10.2. The van der Waals surface area contributed by atoms with E-state index in [0.29, 0.717) is 5.56 Å². The molecular weight excluding hydrogens is 290 g/mol. The Morgan fingerprint density at radius 1 is 1.39 bits per heavy atom. The van der Waals surface area contributed by atoms with Crippen molar-refractivity contribution in [2.45, 2.75) is 6.54 Å². The van der Waals surface area contributed by atoms with Gasteiger partial charge in [-0.1, -0.05) is 6.07 Å². The number of hydrogen-bond donors (Lipinski definition) is 0. The number of anilines is 1. The molecule has 1 aromatic heterocycles. The summed E-state index contributed by atoms with van der Waals surface area (Å²) >= 11 is 3.49. The lowest BCUT2D eigenvalue weighted by Crippen LogP contribution is -2.16. The van der Waals surface area contributed by atoms with E-state index in [1.165, 1.54) is 0 Å². The van der Waals surface area contributed by atoms with Gasteiger partial charge in [-0.15, -0.1) is 0 Å². The largest absolute Gasteiger partial charge is 0.369 e. The van der Waals surface area contributed by atoms with Gasteiger partial charge in [-0.05, 0) is 45.8 Å². The van der Waals surface area contributed by atoms with E-state index >= 15 is 0 Å². The summed E-state index contributed by atoms with van der Waals surface area (Å²) < 4.78 is 0.924. The third-order valence-corrected chi connectivity index (χ3v) is 3.27. The molecule has 18 heavy (non-hydrogen) atoms. The molecule has 0 saturated carbocycles. The van der Waals surface area contributed by atoms with Crippen LogP contribution in [0.1, 0.15) is 11.1 Å². The second-order valence-corrected chi connectivity index (χ2v) is 4.85. The fourth-order valence-corrected chi connectivity index (χ4v) is 2.42. The van der Waals surface area contributed by atoms with Crippen molar-refractivity contribution in [3.05, 3.63) is 58.3 Å². The minimum Gasteiger partial charge on any atom is -0.369 e. The Hall–Kier alpha value is -1.86. The molecule has 0 aliphatic heterocycles. The molecule has 3 nitrogen and oxygen atoms in total. The molecule has 2 rings (SSSR count). The molecule has 90 valence electrons. The highest BCUT2D eigenvalue weighted by Gasteiger charge is 2.07. The van der Waals surface area contributed by atoms with Gasteiger partial charge in [-0.3, -0.25) is 4.98 Å². The highest BCUT2D eigenvalue weighted by molar-refractivity contribution is 9.10. The smallest absolute Gasteiger partial charge is 0.0992 e. The highest BCUT2D eigenvalue weighted by atomic mass is 79.9. The summed E-state index contributed by atoms with van der Waals surface area (Å²) in [6, 6.07) is 11.7. The predicted octanol–water partition coefficient (Wildman–Crippen LogP) is 3.35. The van der Waals surface area contributed by atoms with Crippen LogP contribution in [-0.4, -0.2) is 12.0 Å². The van der Waals surface area contributed by atoms with Crippen molar-refractivity contribution < 1.29 is 0 Å². The summed E-state index contributed by atoms with van der Waals surface area (Å²) in [5, 5.41) is 8.83. The molecule has 1 aromatic carbocycles. The fraction of sp³-hybridized carbons (Fsp3) is 0.143. The Morgan fingerprint density at radius 2 is 2.22 bits per heavy atom. The molecule has 0 aliphatic carbocycles. The van der Waals surface area contributed by atoms with Gasteiger partial charge in [-0.25, -0.2) is 0 Å². The second kappa shape index (κ2) is 5.65. The monoisotopic (exact) mass is 301 g/mol. The van der Waals surface area contributed by atoms with Crippen LogP contribution in [0.2, 0.25) is 0 Å². The van der Waals surface area contributed by atoms with Crippen LogP contribution < -0.4 is 4.90 Å². The Kier molecular flexibility index (Phi) is 3.96. The van der Waals surface area contributed by atoms with Gasteiger partial charge in [0.05, 0.1) is 17.3 Å². The lowest BCUT2D eigenvalue weighted by Gasteiger charge is -2.20. The number of halogens is 1. The van der Waals surface area contributed by atoms with Crippen LogP contribution >= 0.6 is 15.9 Å². The van der Waals surface area contributed by atoms with Crippen molar-refractivity contribution in [1.29, 1.82) is 5.26 Å². The fourth-order valence-electron chi connectivity index (χ4n) is 1.74. The summed E-state index contributed by atoms with van der Waals surface area (Å²) in [5.74, 6) is 0. The number of hydrogen-bond acceptors (Lipinski definition) is 3. The van der Waals surface area contributed by atoms with E-state index in [4.69, 9.17) is 5.26 Å². The van der Waals surface area contributed by atoms with Crippen molar-refractivity contribution >= 4 is 21.6 Å². The molecule has 1 heterocycles. The van der Waals surface area contributed by atoms with Crippen molar-refractivity contribution in [3.63, 3.8) is 0 Å². The molecule has 0 fully saturated rings. The lowest BCUT2D eigenvalue weighted by molar-refractivity contribution is 0.912. The van der Waals surface area contributed by atoms with Gasteiger partial charge < -0.3 is 4.90 Å². The molecule has 0 saturated heterocycles. The van der Waals surface area contributed by atoms with Gasteiger partial charge >= 0.3 is 0 Å². The number of aromatic nitrogens is 1. The number of pyridine rings is 1. The van der Waals surface area contributed by atoms with E-state index in [-0.39, 0.29) is 0 Å². The zero-order valence-corrected chi connectivity index (χ0v) is 11.6. The maximum atomic E-state index is 8.83. The summed E-state index contributed by atoms with van der Waals surface area (Å²) in [6.45, 7) is 0.776. The Labute approximate surface area is 115 Å². The van der Waals surface area contributed by atoms with Gasteiger partial charge in [0, 0.05) is 30.5 Å². The third-order valence-electron chi connectivity index (χ3n) is 2.63. The first-order chi connectivity index (χ1) is 8.70. The number of nitrogens with zero attached hydrogens (tertiary/aromatic N) is 3. The average Bonchev–Trinajstić information content (AvgIpc) is 2.39. The van der Waals surface area contributed by atoms with E-state index in [9.17, 15) is 0 Å². The third kappa shape index (κ3) is 2.88. The molecule has 0 N–H and O–H groups in total. The van der Waals surface area contributed by atoms with Crippen molar-refractivity contribution in [2.24, 2.45) is 0 Å². The van der Waals surface area contributed by atoms with Crippen LogP contribution in [0.15, 0.2) is 47.2 Å². The molecule has 0 atom stereocenters. The van der Waals surface area contributed by atoms with Crippen LogP contribution in [0.4, 0.5) is 5.69 Å².